The molecule has 1 fully saturated rings. The van der Waals surface area contributed by atoms with Gasteiger partial charge in [0, 0.05) is 18.6 Å². The molecular formula is C13H12BrFO. The third-order valence-corrected chi connectivity index (χ3v) is 4.20. The molecular weight excluding hydrogens is 271 g/mol. The Morgan fingerprint density at radius 1 is 1.25 bits per heavy atom. The van der Waals surface area contributed by atoms with Gasteiger partial charge in [0.2, 0.25) is 0 Å². The Morgan fingerprint density at radius 3 is 2.75 bits per heavy atom. The van der Waals surface area contributed by atoms with Crippen LogP contribution in [0.1, 0.15) is 24.0 Å². The van der Waals surface area contributed by atoms with Crippen LogP contribution in [0.3, 0.4) is 0 Å². The lowest BCUT2D eigenvalue weighted by molar-refractivity contribution is 0.0662. The number of hydrogen-bond acceptors (Lipinski definition) is 1. The maximum absolute atomic E-state index is 13.6. The minimum Gasteiger partial charge on any atom is -0.381 e. The lowest BCUT2D eigenvalue weighted by Crippen LogP contribution is -2.30. The van der Waals surface area contributed by atoms with Gasteiger partial charge in [-0.3, -0.25) is 0 Å². The highest BCUT2D eigenvalue weighted by Crippen LogP contribution is 2.44. The van der Waals surface area contributed by atoms with E-state index in [-0.39, 0.29) is 11.2 Å². The van der Waals surface area contributed by atoms with Crippen molar-refractivity contribution in [2.45, 2.75) is 18.3 Å². The fourth-order valence-electron chi connectivity index (χ4n) is 2.64. The monoisotopic (exact) mass is 282 g/mol. The first-order valence-corrected chi connectivity index (χ1v) is 6.27. The van der Waals surface area contributed by atoms with Gasteiger partial charge in [0.15, 0.2) is 0 Å². The van der Waals surface area contributed by atoms with Crippen molar-refractivity contribution in [2.75, 3.05) is 13.2 Å². The minimum absolute atomic E-state index is 0.0229. The Morgan fingerprint density at radius 2 is 2.00 bits per heavy atom. The summed E-state index contributed by atoms with van der Waals surface area (Å²) in [6.07, 6.45) is 6.23. The van der Waals surface area contributed by atoms with E-state index in [2.05, 4.69) is 28.1 Å². The molecule has 3 rings (SSSR count). The molecule has 0 bridgehead atoms. The molecule has 1 spiro atoms. The predicted octanol–water partition coefficient (Wildman–Crippen LogP) is 3.66. The molecule has 1 aliphatic heterocycles. The quantitative estimate of drug-likeness (QED) is 0.706. The van der Waals surface area contributed by atoms with Crippen molar-refractivity contribution in [1.82, 2.24) is 0 Å². The fraction of sp³-hybridized carbons (Fsp3) is 0.385. The Kier molecular flexibility index (Phi) is 2.41. The largest absolute Gasteiger partial charge is 0.381 e. The van der Waals surface area contributed by atoms with Crippen molar-refractivity contribution >= 4 is 22.0 Å². The summed E-state index contributed by atoms with van der Waals surface area (Å²) in [6.45, 7) is 1.53. The van der Waals surface area contributed by atoms with Gasteiger partial charge in [-0.2, -0.15) is 0 Å². The van der Waals surface area contributed by atoms with Crippen LogP contribution in [-0.4, -0.2) is 13.2 Å². The van der Waals surface area contributed by atoms with Crippen LogP contribution in [0.2, 0.25) is 0 Å². The maximum atomic E-state index is 13.6. The normalized spacial score (nSPS) is 21.4. The summed E-state index contributed by atoms with van der Waals surface area (Å²) >= 11 is 3.23. The molecule has 1 aromatic rings. The first-order valence-electron chi connectivity index (χ1n) is 5.48. The number of ether oxygens (including phenoxy) is 1. The number of halogens is 2. The molecule has 1 heterocycles. The highest BCUT2D eigenvalue weighted by atomic mass is 79.9. The van der Waals surface area contributed by atoms with E-state index in [1.807, 2.05) is 6.07 Å². The Bertz CT molecular complexity index is 461. The number of allylic oxidation sites excluding steroid dienone is 1. The van der Waals surface area contributed by atoms with Gasteiger partial charge in [-0.15, -0.1) is 0 Å². The summed E-state index contributed by atoms with van der Waals surface area (Å²) in [5.74, 6) is -0.173. The highest BCUT2D eigenvalue weighted by molar-refractivity contribution is 9.10. The second-order valence-electron chi connectivity index (χ2n) is 4.46. The third-order valence-electron chi connectivity index (χ3n) is 3.60. The van der Waals surface area contributed by atoms with Crippen LogP contribution in [0, 0.1) is 5.82 Å². The second-order valence-corrected chi connectivity index (χ2v) is 5.31. The number of hydrogen-bond donors (Lipinski definition) is 0. The van der Waals surface area contributed by atoms with Crippen LogP contribution in [0.25, 0.3) is 6.08 Å². The lowest BCUT2D eigenvalue weighted by atomic mass is 9.76. The maximum Gasteiger partial charge on any atom is 0.137 e. The highest BCUT2D eigenvalue weighted by Gasteiger charge is 2.37. The summed E-state index contributed by atoms with van der Waals surface area (Å²) in [7, 11) is 0. The van der Waals surface area contributed by atoms with Crippen LogP contribution in [0.15, 0.2) is 22.7 Å². The van der Waals surface area contributed by atoms with Gasteiger partial charge in [-0.05, 0) is 52.0 Å². The van der Waals surface area contributed by atoms with Crippen LogP contribution < -0.4 is 0 Å². The van der Waals surface area contributed by atoms with Crippen molar-refractivity contribution in [2.24, 2.45) is 0 Å². The Labute approximate surface area is 102 Å². The zero-order valence-corrected chi connectivity index (χ0v) is 10.4. The van der Waals surface area contributed by atoms with Gasteiger partial charge in [-0.1, -0.05) is 12.2 Å². The van der Waals surface area contributed by atoms with E-state index in [0.29, 0.717) is 4.47 Å². The van der Waals surface area contributed by atoms with E-state index in [1.165, 1.54) is 0 Å². The zero-order valence-electron chi connectivity index (χ0n) is 8.80. The van der Waals surface area contributed by atoms with Crippen molar-refractivity contribution < 1.29 is 9.13 Å². The van der Waals surface area contributed by atoms with Gasteiger partial charge in [0.1, 0.15) is 5.82 Å². The van der Waals surface area contributed by atoms with Crippen molar-refractivity contribution in [3.05, 3.63) is 39.6 Å². The molecule has 84 valence electrons. The Balaban J connectivity index is 2.10. The molecule has 0 amide bonds. The van der Waals surface area contributed by atoms with Crippen LogP contribution in [-0.2, 0) is 10.2 Å². The number of fused-ring (bicyclic) bond motifs is 2. The summed E-state index contributed by atoms with van der Waals surface area (Å²) in [4.78, 5) is 0. The summed E-state index contributed by atoms with van der Waals surface area (Å²) in [5.41, 5.74) is 2.28. The third kappa shape index (κ3) is 1.45. The van der Waals surface area contributed by atoms with Gasteiger partial charge in [0.25, 0.3) is 0 Å². The van der Waals surface area contributed by atoms with Crippen LogP contribution >= 0.6 is 15.9 Å². The molecule has 0 N–H and O–H groups in total. The van der Waals surface area contributed by atoms with Crippen molar-refractivity contribution in [3.63, 3.8) is 0 Å². The molecule has 1 aromatic carbocycles. The van der Waals surface area contributed by atoms with Crippen molar-refractivity contribution in [1.29, 1.82) is 0 Å². The van der Waals surface area contributed by atoms with Gasteiger partial charge in [-0.25, -0.2) is 4.39 Å². The van der Waals surface area contributed by atoms with E-state index in [4.69, 9.17) is 4.74 Å². The second kappa shape index (κ2) is 3.67. The van der Waals surface area contributed by atoms with E-state index in [0.717, 1.165) is 37.2 Å². The van der Waals surface area contributed by atoms with E-state index < -0.39 is 0 Å². The van der Waals surface area contributed by atoms with Crippen LogP contribution in [0.4, 0.5) is 4.39 Å². The molecule has 1 saturated heterocycles. The first kappa shape index (κ1) is 10.5. The summed E-state index contributed by atoms with van der Waals surface area (Å²) < 4.78 is 19.5. The summed E-state index contributed by atoms with van der Waals surface area (Å²) in [6, 6.07) is 3.54. The Hall–Kier alpha value is -0.670. The molecule has 16 heavy (non-hydrogen) atoms. The van der Waals surface area contributed by atoms with E-state index >= 15 is 0 Å². The van der Waals surface area contributed by atoms with E-state index in [1.54, 1.807) is 6.07 Å². The van der Waals surface area contributed by atoms with Gasteiger partial charge >= 0.3 is 0 Å². The fourth-order valence-corrected chi connectivity index (χ4v) is 3.00. The average Bonchev–Trinajstić information content (AvgIpc) is 2.60. The zero-order chi connectivity index (χ0) is 11.2. The van der Waals surface area contributed by atoms with Gasteiger partial charge < -0.3 is 4.74 Å². The van der Waals surface area contributed by atoms with E-state index in [9.17, 15) is 4.39 Å². The molecule has 3 heteroatoms. The molecule has 2 aliphatic rings. The molecule has 1 nitrogen and oxygen atoms in total. The lowest BCUT2D eigenvalue weighted by Gasteiger charge is -2.33. The summed E-state index contributed by atoms with van der Waals surface area (Å²) in [5, 5.41) is 0. The van der Waals surface area contributed by atoms with Gasteiger partial charge in [0.05, 0.1) is 4.47 Å². The molecule has 0 atom stereocenters. The number of benzene rings is 1. The minimum atomic E-state index is -0.173. The first-order chi connectivity index (χ1) is 7.71. The molecule has 1 aliphatic carbocycles. The SMILES string of the molecule is Fc1cc2c(cc1Br)C=CC21CCOCC1. The van der Waals surface area contributed by atoms with Crippen LogP contribution in [0.5, 0.6) is 0 Å². The van der Waals surface area contributed by atoms with Crippen molar-refractivity contribution in [3.8, 4) is 0 Å². The molecule has 0 radical (unpaired) electrons. The average molecular weight is 283 g/mol. The molecule has 0 unspecified atom stereocenters. The standard InChI is InChI=1S/C13H12BrFO/c14-11-7-9-1-2-13(3-5-16-6-4-13)10(9)8-12(11)15/h1-2,7-8H,3-6H2. The molecule has 0 saturated carbocycles. The predicted molar refractivity (Wildman–Crippen MR) is 64.9 cm³/mol. The smallest absolute Gasteiger partial charge is 0.137 e. The number of rotatable bonds is 0. The topological polar surface area (TPSA) is 9.23 Å². The molecule has 0 aromatic heterocycles.